The summed E-state index contributed by atoms with van der Waals surface area (Å²) in [6, 6.07) is 7.25. The summed E-state index contributed by atoms with van der Waals surface area (Å²) in [7, 11) is 0. The van der Waals surface area contributed by atoms with E-state index in [1.165, 1.54) is 0 Å². The maximum atomic E-state index is 12.8. The molecule has 4 heterocycles. The minimum Gasteiger partial charge on any atom is -0.481 e. The average molecular weight is 368 g/mol. The Balaban J connectivity index is 1.56. The van der Waals surface area contributed by atoms with Gasteiger partial charge in [0.15, 0.2) is 0 Å². The molecule has 1 aliphatic rings. The van der Waals surface area contributed by atoms with Crippen molar-refractivity contribution >= 4 is 23.2 Å². The molecule has 132 valence electrons. The van der Waals surface area contributed by atoms with Gasteiger partial charge in [-0.05, 0) is 35.2 Å². The molecule has 1 aliphatic heterocycles. The van der Waals surface area contributed by atoms with Crippen LogP contribution >= 0.6 is 11.3 Å². The van der Waals surface area contributed by atoms with E-state index in [2.05, 4.69) is 15.2 Å². The van der Waals surface area contributed by atoms with Gasteiger partial charge in [-0.1, -0.05) is 0 Å². The fraction of sp³-hybridized carbons (Fsp3) is 0.222. The van der Waals surface area contributed by atoms with Gasteiger partial charge in [0.1, 0.15) is 5.69 Å². The number of carboxylic acid groups (broad SMARTS) is 1. The van der Waals surface area contributed by atoms with Crippen molar-refractivity contribution in [2.75, 3.05) is 13.1 Å². The van der Waals surface area contributed by atoms with Gasteiger partial charge in [-0.3, -0.25) is 19.7 Å². The average Bonchev–Trinajstić information content (AvgIpc) is 3.41. The van der Waals surface area contributed by atoms with Gasteiger partial charge in [-0.2, -0.15) is 16.4 Å². The van der Waals surface area contributed by atoms with Crippen LogP contribution < -0.4 is 0 Å². The minimum atomic E-state index is -0.898. The summed E-state index contributed by atoms with van der Waals surface area (Å²) in [6.45, 7) is 0.528. The molecule has 0 aromatic carbocycles. The molecule has 0 bridgehead atoms. The highest BCUT2D eigenvalue weighted by Crippen LogP contribution is 2.33. The molecule has 3 aromatic heterocycles. The number of aliphatic carboxylic acids is 1. The van der Waals surface area contributed by atoms with Crippen LogP contribution in [0.4, 0.5) is 0 Å². The zero-order valence-electron chi connectivity index (χ0n) is 13.7. The monoisotopic (exact) mass is 368 g/mol. The Morgan fingerprint density at radius 2 is 2.04 bits per heavy atom. The molecule has 1 saturated heterocycles. The largest absolute Gasteiger partial charge is 0.481 e. The molecule has 0 saturated carbocycles. The van der Waals surface area contributed by atoms with Crippen LogP contribution in [0.5, 0.6) is 0 Å². The van der Waals surface area contributed by atoms with Gasteiger partial charge in [0.2, 0.25) is 0 Å². The standard InChI is InChI=1S/C18H16N4O3S/c23-17(16-7-15(20-21-16)12-3-6-26-10-12)22-8-13(14(9-22)18(24)25)11-1-4-19-5-2-11/h1-7,10,13-14H,8-9H2,(H,20,21)(H,24,25)/t13-,14+/m0/s1. The first-order chi connectivity index (χ1) is 12.6. The fourth-order valence-electron chi connectivity index (χ4n) is 3.33. The third-order valence-corrected chi connectivity index (χ3v) is 5.37. The first kappa shape index (κ1) is 16.5. The lowest BCUT2D eigenvalue weighted by molar-refractivity contribution is -0.141. The third-order valence-electron chi connectivity index (χ3n) is 4.68. The molecule has 4 rings (SSSR count). The summed E-state index contributed by atoms with van der Waals surface area (Å²) >= 11 is 1.56. The second-order valence-corrected chi connectivity index (χ2v) is 7.00. The van der Waals surface area contributed by atoms with E-state index < -0.39 is 11.9 Å². The number of likely N-dealkylation sites (tertiary alicyclic amines) is 1. The van der Waals surface area contributed by atoms with Gasteiger partial charge in [0.05, 0.1) is 11.6 Å². The zero-order valence-corrected chi connectivity index (χ0v) is 14.5. The Morgan fingerprint density at radius 1 is 1.23 bits per heavy atom. The lowest BCUT2D eigenvalue weighted by atomic mass is 9.90. The fourth-order valence-corrected chi connectivity index (χ4v) is 3.98. The molecule has 2 N–H and O–H groups in total. The number of hydrogen-bond donors (Lipinski definition) is 2. The molecule has 8 heteroatoms. The number of hydrogen-bond acceptors (Lipinski definition) is 5. The molecule has 7 nitrogen and oxygen atoms in total. The van der Waals surface area contributed by atoms with Gasteiger partial charge < -0.3 is 10.0 Å². The number of carboxylic acids is 1. The molecule has 1 fully saturated rings. The first-order valence-corrected chi connectivity index (χ1v) is 9.07. The summed E-state index contributed by atoms with van der Waals surface area (Å²) in [5.74, 6) is -2.02. The van der Waals surface area contributed by atoms with E-state index in [1.807, 2.05) is 16.8 Å². The van der Waals surface area contributed by atoms with Gasteiger partial charge in [-0.25, -0.2) is 0 Å². The number of H-pyrrole nitrogens is 1. The van der Waals surface area contributed by atoms with Gasteiger partial charge in [0.25, 0.3) is 5.91 Å². The van der Waals surface area contributed by atoms with E-state index in [9.17, 15) is 14.7 Å². The predicted molar refractivity (Wildman–Crippen MR) is 95.9 cm³/mol. The molecule has 3 aromatic rings. The highest BCUT2D eigenvalue weighted by atomic mass is 32.1. The normalized spacial score (nSPS) is 19.6. The number of aromatic nitrogens is 3. The van der Waals surface area contributed by atoms with Crippen LogP contribution in [0.2, 0.25) is 0 Å². The molecule has 0 aliphatic carbocycles. The second kappa shape index (κ2) is 6.72. The van der Waals surface area contributed by atoms with Crippen LogP contribution in [-0.2, 0) is 4.79 Å². The van der Waals surface area contributed by atoms with Crippen molar-refractivity contribution < 1.29 is 14.7 Å². The molecule has 0 spiro atoms. The highest BCUT2D eigenvalue weighted by molar-refractivity contribution is 7.08. The molecule has 0 unspecified atom stereocenters. The van der Waals surface area contributed by atoms with Gasteiger partial charge in [-0.15, -0.1) is 0 Å². The third kappa shape index (κ3) is 2.99. The topological polar surface area (TPSA) is 99.2 Å². The maximum Gasteiger partial charge on any atom is 0.308 e. The van der Waals surface area contributed by atoms with Crippen LogP contribution in [-0.4, -0.2) is 50.2 Å². The van der Waals surface area contributed by atoms with Crippen LogP contribution in [0, 0.1) is 5.92 Å². The molecule has 26 heavy (non-hydrogen) atoms. The first-order valence-electron chi connectivity index (χ1n) is 8.13. The highest BCUT2D eigenvalue weighted by Gasteiger charge is 2.41. The lowest BCUT2D eigenvalue weighted by Gasteiger charge is -2.15. The van der Waals surface area contributed by atoms with E-state index in [0.717, 1.165) is 11.1 Å². The lowest BCUT2D eigenvalue weighted by Crippen LogP contribution is -2.30. The van der Waals surface area contributed by atoms with E-state index in [0.29, 0.717) is 17.9 Å². The molecular weight excluding hydrogens is 352 g/mol. The molecule has 0 radical (unpaired) electrons. The molecule has 2 atom stereocenters. The van der Waals surface area contributed by atoms with Crippen LogP contribution in [0.15, 0.2) is 47.4 Å². The summed E-state index contributed by atoms with van der Waals surface area (Å²) in [5, 5.41) is 20.4. The van der Waals surface area contributed by atoms with Crippen LogP contribution in [0.1, 0.15) is 22.0 Å². The number of rotatable bonds is 4. The van der Waals surface area contributed by atoms with Crippen molar-refractivity contribution in [3.05, 3.63) is 58.7 Å². The Kier molecular flexibility index (Phi) is 4.26. The Morgan fingerprint density at radius 3 is 2.73 bits per heavy atom. The Hall–Kier alpha value is -3.00. The number of thiophene rings is 1. The van der Waals surface area contributed by atoms with E-state index in [-0.39, 0.29) is 18.4 Å². The zero-order chi connectivity index (χ0) is 18.1. The van der Waals surface area contributed by atoms with Crippen molar-refractivity contribution in [2.24, 2.45) is 5.92 Å². The molecule has 1 amide bonds. The van der Waals surface area contributed by atoms with Crippen molar-refractivity contribution in [3.8, 4) is 11.3 Å². The van der Waals surface area contributed by atoms with Crippen molar-refractivity contribution in [2.45, 2.75) is 5.92 Å². The number of nitrogens with zero attached hydrogens (tertiary/aromatic N) is 3. The van der Waals surface area contributed by atoms with E-state index >= 15 is 0 Å². The summed E-state index contributed by atoms with van der Waals surface area (Å²) in [6.07, 6.45) is 3.28. The number of amides is 1. The number of nitrogens with one attached hydrogen (secondary N) is 1. The van der Waals surface area contributed by atoms with Crippen LogP contribution in [0.25, 0.3) is 11.3 Å². The number of carbonyl (C=O) groups is 2. The maximum absolute atomic E-state index is 12.8. The second-order valence-electron chi connectivity index (χ2n) is 6.22. The quantitative estimate of drug-likeness (QED) is 0.737. The van der Waals surface area contributed by atoms with Crippen molar-refractivity contribution in [3.63, 3.8) is 0 Å². The molecular formula is C18H16N4O3S. The summed E-state index contributed by atoms with van der Waals surface area (Å²) in [4.78, 5) is 30.1. The van der Waals surface area contributed by atoms with Gasteiger partial charge in [0, 0.05) is 42.3 Å². The smallest absolute Gasteiger partial charge is 0.308 e. The number of pyridine rings is 1. The van der Waals surface area contributed by atoms with Gasteiger partial charge >= 0.3 is 5.97 Å². The van der Waals surface area contributed by atoms with E-state index in [4.69, 9.17) is 0 Å². The van der Waals surface area contributed by atoms with E-state index in [1.54, 1.807) is 46.8 Å². The summed E-state index contributed by atoms with van der Waals surface area (Å²) < 4.78 is 0. The number of aromatic amines is 1. The van der Waals surface area contributed by atoms with Crippen molar-refractivity contribution in [1.29, 1.82) is 0 Å². The van der Waals surface area contributed by atoms with Crippen molar-refractivity contribution in [1.82, 2.24) is 20.1 Å². The SMILES string of the molecule is O=C(O)[C@@H]1CN(C(=O)c2cc(-c3ccsc3)n[nH]2)C[C@H]1c1ccncc1. The Labute approximate surface area is 153 Å². The Bertz CT molecular complexity index is 923. The predicted octanol–water partition coefficient (Wildman–Crippen LogP) is 2.47. The summed E-state index contributed by atoms with van der Waals surface area (Å²) in [5.41, 5.74) is 2.90. The minimum absolute atomic E-state index is 0.175. The number of carbonyl (C=O) groups excluding carboxylic acids is 1. The van der Waals surface area contributed by atoms with Crippen LogP contribution in [0.3, 0.4) is 0 Å².